The summed E-state index contributed by atoms with van der Waals surface area (Å²) in [7, 11) is -12.7. The van der Waals surface area contributed by atoms with Gasteiger partial charge in [-0.25, -0.2) is 9.13 Å². The number of phosphoric ester groups is 2. The number of hydrogen-bond acceptors (Lipinski definition) is 13. The highest BCUT2D eigenvalue weighted by atomic mass is 31.2. The van der Waals surface area contributed by atoms with Gasteiger partial charge in [-0.1, -0.05) is 128 Å². The average molecular weight is 899 g/mol. The molecule has 1 saturated heterocycles. The Hall–Kier alpha value is -2.83. The number of benzene rings is 4. The topological polar surface area (TPSA) is 144 Å². The van der Waals surface area contributed by atoms with Crippen LogP contribution in [0.2, 0.25) is 0 Å². The molecule has 7 rings (SSSR count). The molecule has 4 aromatic carbocycles. The third kappa shape index (κ3) is 12.9. The van der Waals surface area contributed by atoms with Crippen molar-refractivity contribution in [3.63, 3.8) is 0 Å². The summed E-state index contributed by atoms with van der Waals surface area (Å²) in [5.41, 5.74) is 2.94. The van der Waals surface area contributed by atoms with Crippen molar-refractivity contribution >= 4 is 23.2 Å². The van der Waals surface area contributed by atoms with Crippen LogP contribution in [0.25, 0.3) is 0 Å². The van der Waals surface area contributed by atoms with Crippen LogP contribution in [-0.4, -0.2) is 49.6 Å². The van der Waals surface area contributed by atoms with Crippen molar-refractivity contribution in [2.24, 2.45) is 5.92 Å². The van der Waals surface area contributed by atoms with Crippen LogP contribution in [0.3, 0.4) is 0 Å². The van der Waals surface area contributed by atoms with Crippen LogP contribution in [0.1, 0.15) is 74.6 Å². The van der Waals surface area contributed by atoms with E-state index in [4.69, 9.17) is 45.7 Å². The summed E-state index contributed by atoms with van der Waals surface area (Å²) in [5.74, 6) is -1.59. The average Bonchev–Trinajstić information content (AvgIpc) is 3.65. The minimum atomic E-state index is -4.52. The van der Waals surface area contributed by atoms with Crippen LogP contribution < -0.4 is 0 Å². The lowest BCUT2D eigenvalue weighted by Gasteiger charge is -2.43. The smallest absolute Gasteiger partial charge is 0.344 e. The van der Waals surface area contributed by atoms with Crippen molar-refractivity contribution in [3.8, 4) is 0 Å². The van der Waals surface area contributed by atoms with E-state index in [0.717, 1.165) is 41.5 Å². The van der Waals surface area contributed by atoms with Crippen LogP contribution >= 0.6 is 23.2 Å². The third-order valence-corrected chi connectivity index (χ3v) is 15.9. The third-order valence-electron chi connectivity index (χ3n) is 10.9. The molecule has 1 aliphatic heterocycles. The van der Waals surface area contributed by atoms with E-state index in [2.05, 4.69) is 0 Å². The molecule has 61 heavy (non-hydrogen) atoms. The molecule has 2 saturated carbocycles. The van der Waals surface area contributed by atoms with Crippen LogP contribution in [0.5, 0.6) is 0 Å². The molecule has 0 unspecified atom stereocenters. The molecule has 13 nitrogen and oxygen atoms in total. The fourth-order valence-electron chi connectivity index (χ4n) is 8.04. The molecule has 4 aromatic rings. The summed E-state index contributed by atoms with van der Waals surface area (Å²) in [6.07, 6.45) is -0.303. The Kier molecular flexibility index (Phi) is 16.4. The lowest BCUT2D eigenvalue weighted by molar-refractivity contribution is -0.201. The minimum Gasteiger partial charge on any atom is -0.344 e. The van der Waals surface area contributed by atoms with Gasteiger partial charge in [-0.3, -0.25) is 31.7 Å². The van der Waals surface area contributed by atoms with Crippen molar-refractivity contribution in [2.45, 2.75) is 109 Å². The minimum absolute atomic E-state index is 0.0279. The molecular weight excluding hydrogens is 841 g/mol. The van der Waals surface area contributed by atoms with Crippen LogP contribution in [0.4, 0.5) is 0 Å². The second-order valence-corrected chi connectivity index (χ2v) is 20.8. The predicted octanol–water partition coefficient (Wildman–Crippen LogP) is 11.6. The molecule has 0 bridgehead atoms. The maximum atomic E-state index is 15.2. The number of phosphoric acid groups is 2. The van der Waals surface area contributed by atoms with E-state index in [9.17, 15) is 4.57 Å². The Morgan fingerprint density at radius 1 is 0.525 bits per heavy atom. The molecule has 0 amide bonds. The van der Waals surface area contributed by atoms with E-state index >= 15 is 9.13 Å². The van der Waals surface area contributed by atoms with Crippen LogP contribution in [-0.2, 0) is 85.8 Å². The fourth-order valence-corrected chi connectivity index (χ4v) is 12.8. The molecule has 0 aromatic heterocycles. The summed E-state index contributed by atoms with van der Waals surface area (Å²) < 4.78 is 108. The van der Waals surface area contributed by atoms with Gasteiger partial charge in [0.2, 0.25) is 0 Å². The Morgan fingerprint density at radius 3 is 1.33 bits per heavy atom. The fraction of sp³-hybridized carbons (Fsp3) is 0.467. The Bertz CT molecular complexity index is 1970. The van der Waals surface area contributed by atoms with Gasteiger partial charge in [-0.05, 0) is 55.4 Å². The first kappa shape index (κ1) is 46.2. The molecule has 0 N–H and O–H groups in total. The molecular formula is C45H57O13P3. The van der Waals surface area contributed by atoms with Gasteiger partial charge in [-0.15, -0.1) is 0 Å². The van der Waals surface area contributed by atoms with Gasteiger partial charge in [0.25, 0.3) is 0 Å². The molecule has 1 heterocycles. The maximum Gasteiger partial charge on any atom is 0.475 e. The SMILES string of the molecule is CCOP(=O)(C[C@H]1C[C@@H](OP(=O)(OCc2ccccc2)OCc2ccccc2)[C@H](OP(=O)(OCc2ccccc2)OCc2ccccc2)[C@H]2OC3(CCCCC3)O[C@@H]12)OCC. The van der Waals surface area contributed by atoms with Gasteiger partial charge in [-0.2, -0.15) is 0 Å². The molecule has 5 atom stereocenters. The summed E-state index contributed by atoms with van der Waals surface area (Å²) >= 11 is 0. The summed E-state index contributed by atoms with van der Waals surface area (Å²) in [6.45, 7) is 3.40. The van der Waals surface area contributed by atoms with E-state index in [1.807, 2.05) is 121 Å². The van der Waals surface area contributed by atoms with Gasteiger partial charge in [0.05, 0.1) is 58.0 Å². The first-order valence-electron chi connectivity index (χ1n) is 21.1. The molecule has 2 aliphatic carbocycles. The van der Waals surface area contributed by atoms with Gasteiger partial charge in [0.1, 0.15) is 12.2 Å². The number of hydrogen-bond donors (Lipinski definition) is 0. The number of fused-ring (bicyclic) bond motifs is 1. The zero-order chi connectivity index (χ0) is 42.6. The molecule has 330 valence electrons. The Morgan fingerprint density at radius 2 is 0.918 bits per heavy atom. The van der Waals surface area contributed by atoms with Crippen molar-refractivity contribution in [1.82, 2.24) is 0 Å². The maximum absolute atomic E-state index is 15.2. The van der Waals surface area contributed by atoms with Gasteiger partial charge >= 0.3 is 23.2 Å². The van der Waals surface area contributed by atoms with Crippen molar-refractivity contribution < 1.29 is 59.4 Å². The van der Waals surface area contributed by atoms with Crippen LogP contribution in [0, 0.1) is 5.92 Å². The molecule has 3 fully saturated rings. The quantitative estimate of drug-likeness (QED) is 0.0691. The first-order chi connectivity index (χ1) is 29.6. The first-order valence-corrected chi connectivity index (χ1v) is 25.8. The van der Waals surface area contributed by atoms with Gasteiger partial charge in [0.15, 0.2) is 5.79 Å². The summed E-state index contributed by atoms with van der Waals surface area (Å²) in [4.78, 5) is 0. The van der Waals surface area contributed by atoms with E-state index in [-0.39, 0.29) is 52.2 Å². The van der Waals surface area contributed by atoms with E-state index in [0.29, 0.717) is 12.8 Å². The highest BCUT2D eigenvalue weighted by molar-refractivity contribution is 7.53. The molecule has 1 spiro atoms. The van der Waals surface area contributed by atoms with Gasteiger partial charge in [0, 0.05) is 18.8 Å². The van der Waals surface area contributed by atoms with Crippen LogP contribution in [0.15, 0.2) is 121 Å². The summed E-state index contributed by atoms with van der Waals surface area (Å²) in [5, 5.41) is 0. The highest BCUT2D eigenvalue weighted by Gasteiger charge is 2.61. The standard InChI is InChI=1S/C45H57O13P3/c1-3-49-59(46,50-4-2)35-40-30-41(57-60(47,51-31-36-20-10-5-11-21-36)52-32-37-22-12-6-13-23-37)43(44-42(40)55-45(56-44)28-18-9-19-29-45)58-61(48,53-33-38-24-14-7-15-25-38)54-34-39-26-16-8-17-27-39/h5-8,10-17,20-27,40-44H,3-4,9,18-19,28-35H2,1-2H3/t40-,41-,42+,43+,44+/m1/s1. The van der Waals surface area contributed by atoms with Crippen molar-refractivity contribution in [2.75, 3.05) is 19.4 Å². The predicted molar refractivity (Wildman–Crippen MR) is 229 cm³/mol. The Labute approximate surface area is 359 Å². The zero-order valence-electron chi connectivity index (χ0n) is 34.8. The Balaban J connectivity index is 1.28. The van der Waals surface area contributed by atoms with Crippen molar-refractivity contribution in [3.05, 3.63) is 144 Å². The van der Waals surface area contributed by atoms with Crippen molar-refractivity contribution in [1.29, 1.82) is 0 Å². The monoisotopic (exact) mass is 898 g/mol. The van der Waals surface area contributed by atoms with E-state index in [1.165, 1.54) is 0 Å². The van der Waals surface area contributed by atoms with Gasteiger partial charge < -0.3 is 18.5 Å². The zero-order valence-corrected chi connectivity index (χ0v) is 37.5. The molecule has 3 aliphatic rings. The lowest BCUT2D eigenvalue weighted by Crippen LogP contribution is -2.54. The van der Waals surface area contributed by atoms with E-state index < -0.39 is 59.4 Å². The number of rotatable bonds is 22. The largest absolute Gasteiger partial charge is 0.475 e. The van der Waals surface area contributed by atoms with E-state index in [1.54, 1.807) is 13.8 Å². The lowest BCUT2D eigenvalue weighted by atomic mass is 9.82. The second kappa shape index (κ2) is 21.7. The normalized spacial score (nSPS) is 22.9. The highest BCUT2D eigenvalue weighted by Crippen LogP contribution is 2.62. The molecule has 0 radical (unpaired) electrons. The number of ether oxygens (including phenoxy) is 2. The molecule has 16 heteroatoms. The second-order valence-electron chi connectivity index (χ2n) is 15.4. The summed E-state index contributed by atoms with van der Waals surface area (Å²) in [6, 6.07) is 37.0.